The number of carbonyl (C=O) groups is 2. The molecule has 0 radical (unpaired) electrons. The van der Waals surface area contributed by atoms with Crippen molar-refractivity contribution in [1.29, 1.82) is 0 Å². The quantitative estimate of drug-likeness (QED) is 0.626. The first kappa shape index (κ1) is 17.1. The van der Waals surface area contributed by atoms with Crippen LogP contribution in [-0.2, 0) is 21.4 Å². The molecule has 0 saturated heterocycles. The lowest BCUT2D eigenvalue weighted by atomic mass is 9.53. The van der Waals surface area contributed by atoms with Crippen LogP contribution in [0.5, 0.6) is 0 Å². The molecule has 0 aliphatic heterocycles. The summed E-state index contributed by atoms with van der Waals surface area (Å²) < 4.78 is 0. The van der Waals surface area contributed by atoms with Crippen LogP contribution < -0.4 is 0 Å². The van der Waals surface area contributed by atoms with Gasteiger partial charge in [0.25, 0.3) is 0 Å². The second-order valence-electron chi connectivity index (χ2n) is 7.86. The van der Waals surface area contributed by atoms with Gasteiger partial charge in [0, 0.05) is 23.1 Å². The molecule has 1 fully saturated rings. The largest absolute Gasteiger partial charge is 0.303 e. The number of fused-ring (bicyclic) bond motifs is 3. The molecule has 2 aromatic rings. The van der Waals surface area contributed by atoms with E-state index < -0.39 is 5.92 Å². The predicted molar refractivity (Wildman–Crippen MR) is 99.6 cm³/mol. The molecule has 134 valence electrons. The average Bonchev–Trinajstić information content (AvgIpc) is 2.68. The van der Waals surface area contributed by atoms with Crippen LogP contribution in [0.15, 0.2) is 36.5 Å². The van der Waals surface area contributed by atoms with Crippen molar-refractivity contribution in [2.75, 3.05) is 0 Å². The van der Waals surface area contributed by atoms with Crippen molar-refractivity contribution in [1.82, 2.24) is 9.97 Å². The molecule has 1 aromatic carbocycles. The van der Waals surface area contributed by atoms with Gasteiger partial charge in [0.2, 0.25) is 0 Å². The molecular formula is C22H24N2O2. The number of ketones is 1. The van der Waals surface area contributed by atoms with Crippen molar-refractivity contribution in [3.8, 4) is 11.4 Å². The molecule has 4 rings (SSSR count). The Morgan fingerprint density at radius 1 is 1.27 bits per heavy atom. The van der Waals surface area contributed by atoms with E-state index in [9.17, 15) is 9.59 Å². The fourth-order valence-corrected chi connectivity index (χ4v) is 5.14. The number of Topliss-reactive ketones (excluding diaryl/α,β-unsaturated/α-hetero) is 1. The van der Waals surface area contributed by atoms with Crippen LogP contribution in [0.2, 0.25) is 0 Å². The first-order valence-electron chi connectivity index (χ1n) is 9.49. The van der Waals surface area contributed by atoms with Gasteiger partial charge in [-0.15, -0.1) is 0 Å². The molecule has 1 heterocycles. The van der Waals surface area contributed by atoms with E-state index in [2.05, 4.69) is 18.8 Å². The Balaban J connectivity index is 1.83. The van der Waals surface area contributed by atoms with Crippen LogP contribution in [-0.4, -0.2) is 22.0 Å². The molecule has 4 atom stereocenters. The van der Waals surface area contributed by atoms with Gasteiger partial charge in [-0.25, -0.2) is 9.97 Å². The Hall–Kier alpha value is -2.36. The van der Waals surface area contributed by atoms with Gasteiger partial charge in [0.1, 0.15) is 12.1 Å². The summed E-state index contributed by atoms with van der Waals surface area (Å²) in [4.78, 5) is 33.9. The molecule has 4 heteroatoms. The van der Waals surface area contributed by atoms with Crippen molar-refractivity contribution in [3.63, 3.8) is 0 Å². The van der Waals surface area contributed by atoms with Crippen LogP contribution in [0.1, 0.15) is 44.4 Å². The summed E-state index contributed by atoms with van der Waals surface area (Å²) in [7, 11) is 0. The van der Waals surface area contributed by atoms with Gasteiger partial charge in [-0.3, -0.25) is 4.79 Å². The number of hydrogen-bond donors (Lipinski definition) is 0. The summed E-state index contributed by atoms with van der Waals surface area (Å²) in [5.74, 6) is 0.543. The Labute approximate surface area is 154 Å². The molecular weight excluding hydrogens is 324 g/mol. The molecule has 0 amide bonds. The zero-order valence-corrected chi connectivity index (χ0v) is 15.3. The van der Waals surface area contributed by atoms with E-state index in [-0.39, 0.29) is 23.0 Å². The van der Waals surface area contributed by atoms with E-state index in [4.69, 9.17) is 4.98 Å². The summed E-state index contributed by atoms with van der Waals surface area (Å²) in [5, 5.41) is 0. The van der Waals surface area contributed by atoms with Crippen LogP contribution in [0.4, 0.5) is 0 Å². The minimum atomic E-state index is -0.512. The Morgan fingerprint density at radius 2 is 2.04 bits per heavy atom. The summed E-state index contributed by atoms with van der Waals surface area (Å²) in [6, 6.07) is 9.97. The number of benzene rings is 1. The van der Waals surface area contributed by atoms with E-state index in [1.54, 1.807) is 0 Å². The molecule has 0 N–H and O–H groups in total. The zero-order valence-electron chi connectivity index (χ0n) is 15.3. The smallest absolute Gasteiger partial charge is 0.159 e. The number of nitrogens with zero attached hydrogens (tertiary/aromatic N) is 2. The van der Waals surface area contributed by atoms with Crippen molar-refractivity contribution < 1.29 is 9.59 Å². The third-order valence-electron chi connectivity index (χ3n) is 6.45. The van der Waals surface area contributed by atoms with Crippen molar-refractivity contribution in [3.05, 3.63) is 47.8 Å². The third kappa shape index (κ3) is 2.51. The van der Waals surface area contributed by atoms with E-state index >= 15 is 0 Å². The van der Waals surface area contributed by atoms with Gasteiger partial charge in [0.05, 0.1) is 11.6 Å². The fraction of sp³-hybridized carbons (Fsp3) is 0.455. The first-order chi connectivity index (χ1) is 12.6. The summed E-state index contributed by atoms with van der Waals surface area (Å²) >= 11 is 0. The lowest BCUT2D eigenvalue weighted by Gasteiger charge is -2.50. The Morgan fingerprint density at radius 3 is 2.73 bits per heavy atom. The van der Waals surface area contributed by atoms with Gasteiger partial charge in [-0.2, -0.15) is 0 Å². The number of hydrogen-bond acceptors (Lipinski definition) is 4. The van der Waals surface area contributed by atoms with E-state index in [0.29, 0.717) is 6.42 Å². The number of carbonyl (C=O) groups excluding carboxylic acids is 2. The normalized spacial score (nSPS) is 30.4. The molecule has 1 saturated carbocycles. The molecule has 4 nitrogen and oxygen atoms in total. The monoisotopic (exact) mass is 348 g/mol. The lowest BCUT2D eigenvalue weighted by molar-refractivity contribution is -0.138. The van der Waals surface area contributed by atoms with Crippen LogP contribution in [0.3, 0.4) is 0 Å². The van der Waals surface area contributed by atoms with Gasteiger partial charge in [0.15, 0.2) is 5.82 Å². The molecule has 0 bridgehead atoms. The minimum absolute atomic E-state index is 0.0489. The fourth-order valence-electron chi connectivity index (χ4n) is 5.14. The molecule has 26 heavy (non-hydrogen) atoms. The molecule has 2 aliphatic rings. The Kier molecular flexibility index (Phi) is 4.22. The standard InChI is InChI=1S/C22H24N2O2/c1-3-17-18-10-9-15-12-23-21(14-7-5-4-6-8-14)24-20(15)22(18,2)11-16(13-25)19(17)26/h4-8,12-13,16-18H,3,9-11H2,1-2H3/t16?,17-,18-,22-/m0/s1. The number of aryl methyl sites for hydroxylation is 1. The van der Waals surface area contributed by atoms with Crippen molar-refractivity contribution in [2.24, 2.45) is 17.8 Å². The number of aromatic nitrogens is 2. The first-order valence-corrected chi connectivity index (χ1v) is 9.49. The molecule has 1 aromatic heterocycles. The molecule has 1 unspecified atom stereocenters. The highest BCUT2D eigenvalue weighted by Crippen LogP contribution is 2.52. The number of rotatable bonds is 3. The molecule has 0 spiro atoms. The highest BCUT2D eigenvalue weighted by molar-refractivity contribution is 5.96. The summed E-state index contributed by atoms with van der Waals surface area (Å²) in [6.45, 7) is 4.25. The highest BCUT2D eigenvalue weighted by atomic mass is 16.1. The maximum absolute atomic E-state index is 12.7. The Bertz CT molecular complexity index is 848. The van der Waals surface area contributed by atoms with E-state index in [1.165, 1.54) is 0 Å². The van der Waals surface area contributed by atoms with Crippen LogP contribution in [0, 0.1) is 17.8 Å². The maximum atomic E-state index is 12.7. The molecule has 2 aliphatic carbocycles. The lowest BCUT2D eigenvalue weighted by Crippen LogP contribution is -2.52. The van der Waals surface area contributed by atoms with Gasteiger partial charge in [-0.1, -0.05) is 44.2 Å². The topological polar surface area (TPSA) is 59.9 Å². The summed E-state index contributed by atoms with van der Waals surface area (Å²) in [6.07, 6.45) is 6.01. The zero-order chi connectivity index (χ0) is 18.3. The predicted octanol–water partition coefficient (Wildman–Crippen LogP) is 3.78. The second kappa shape index (κ2) is 6.42. The van der Waals surface area contributed by atoms with E-state index in [1.807, 2.05) is 36.5 Å². The number of aldehydes is 1. The van der Waals surface area contributed by atoms with Gasteiger partial charge >= 0.3 is 0 Å². The third-order valence-corrected chi connectivity index (χ3v) is 6.45. The van der Waals surface area contributed by atoms with Crippen LogP contribution >= 0.6 is 0 Å². The second-order valence-corrected chi connectivity index (χ2v) is 7.86. The van der Waals surface area contributed by atoms with Gasteiger partial charge < -0.3 is 4.79 Å². The van der Waals surface area contributed by atoms with Crippen molar-refractivity contribution in [2.45, 2.75) is 44.9 Å². The van der Waals surface area contributed by atoms with Crippen LogP contribution in [0.25, 0.3) is 11.4 Å². The average molecular weight is 348 g/mol. The highest BCUT2D eigenvalue weighted by Gasteiger charge is 2.53. The maximum Gasteiger partial charge on any atom is 0.159 e. The minimum Gasteiger partial charge on any atom is -0.303 e. The van der Waals surface area contributed by atoms with E-state index in [0.717, 1.165) is 48.2 Å². The van der Waals surface area contributed by atoms with Gasteiger partial charge in [-0.05, 0) is 37.2 Å². The SMILES string of the molecule is CC[C@@H]1C(=O)C(C=O)C[C@]2(C)c3nc(-c4ccccc4)ncc3CC[C@@H]12. The van der Waals surface area contributed by atoms with Crippen molar-refractivity contribution >= 4 is 12.1 Å². The summed E-state index contributed by atoms with van der Waals surface area (Å²) in [5.41, 5.74) is 2.95.